The van der Waals surface area contributed by atoms with Crippen molar-refractivity contribution in [1.82, 2.24) is 4.90 Å². The summed E-state index contributed by atoms with van der Waals surface area (Å²) in [5.41, 5.74) is 0. The summed E-state index contributed by atoms with van der Waals surface area (Å²) in [5, 5.41) is 9.52. The standard InChI is InChI=1S/C41H75NO6/c1-4-7-10-13-16-22-29-38-47-41(44)48-39-30-23-26-33-42(34-35-43)32-25-19-17-18-24-31-40(45-36-27-20-14-11-8-5-2)46-37-28-21-15-12-9-6-3/h8-9,11-12,40,43H,4-7,10,13-15,17-21,23-39H2,1-3H3/b11-8-,12-9-. The Hall–Kier alpha value is -1.85. The number of nitrogens with zero attached hydrogens (tertiary/aromatic N) is 1. The molecule has 0 aliphatic carbocycles. The Morgan fingerprint density at radius 2 is 1.17 bits per heavy atom. The minimum atomic E-state index is -0.600. The van der Waals surface area contributed by atoms with E-state index in [1.807, 2.05) is 0 Å². The first-order valence-electron chi connectivity index (χ1n) is 19.8. The van der Waals surface area contributed by atoms with Gasteiger partial charge in [0.2, 0.25) is 0 Å². The fourth-order valence-corrected chi connectivity index (χ4v) is 5.23. The molecular formula is C41H75NO6. The highest BCUT2D eigenvalue weighted by molar-refractivity contribution is 5.59. The van der Waals surface area contributed by atoms with Crippen molar-refractivity contribution in [3.8, 4) is 11.8 Å². The number of carbonyl (C=O) groups is 1. The van der Waals surface area contributed by atoms with Crippen LogP contribution < -0.4 is 0 Å². The molecule has 0 spiro atoms. The zero-order valence-corrected chi connectivity index (χ0v) is 31.5. The zero-order valence-electron chi connectivity index (χ0n) is 31.5. The average Bonchev–Trinajstić information content (AvgIpc) is 3.09. The maximum Gasteiger partial charge on any atom is 0.508 e. The number of aliphatic hydroxyl groups excluding tert-OH is 1. The number of allylic oxidation sites excluding steroid dienone is 4. The van der Waals surface area contributed by atoms with Gasteiger partial charge in [0.05, 0.1) is 13.2 Å². The number of hydrogen-bond acceptors (Lipinski definition) is 7. The summed E-state index contributed by atoms with van der Waals surface area (Å²) in [6, 6.07) is 0. The first kappa shape index (κ1) is 46.1. The molecule has 0 fully saturated rings. The van der Waals surface area contributed by atoms with Gasteiger partial charge < -0.3 is 29.0 Å². The van der Waals surface area contributed by atoms with Gasteiger partial charge in [0.15, 0.2) is 6.29 Å². The fourth-order valence-electron chi connectivity index (χ4n) is 5.23. The van der Waals surface area contributed by atoms with Crippen molar-refractivity contribution in [2.45, 2.75) is 168 Å². The lowest BCUT2D eigenvalue weighted by molar-refractivity contribution is -0.147. The van der Waals surface area contributed by atoms with Crippen LogP contribution in [0, 0.1) is 11.8 Å². The van der Waals surface area contributed by atoms with Crippen LogP contribution in [0.25, 0.3) is 0 Å². The van der Waals surface area contributed by atoms with Crippen LogP contribution in [0.4, 0.5) is 4.79 Å². The van der Waals surface area contributed by atoms with Gasteiger partial charge in [-0.25, -0.2) is 4.79 Å². The summed E-state index contributed by atoms with van der Waals surface area (Å²) >= 11 is 0. The van der Waals surface area contributed by atoms with Gasteiger partial charge in [0.1, 0.15) is 6.61 Å². The predicted molar refractivity (Wildman–Crippen MR) is 201 cm³/mol. The lowest BCUT2D eigenvalue weighted by Crippen LogP contribution is -2.29. The lowest BCUT2D eigenvalue weighted by Gasteiger charge is -2.21. The van der Waals surface area contributed by atoms with Gasteiger partial charge in [0.25, 0.3) is 0 Å². The van der Waals surface area contributed by atoms with E-state index in [0.29, 0.717) is 19.6 Å². The lowest BCUT2D eigenvalue weighted by atomic mass is 10.1. The molecule has 0 amide bonds. The summed E-state index contributed by atoms with van der Waals surface area (Å²) in [6.45, 7) is 11.6. The van der Waals surface area contributed by atoms with Gasteiger partial charge in [-0.2, -0.15) is 0 Å². The number of hydrogen-bond donors (Lipinski definition) is 1. The topological polar surface area (TPSA) is 77.5 Å². The van der Waals surface area contributed by atoms with Crippen molar-refractivity contribution in [2.75, 3.05) is 52.7 Å². The molecule has 0 atom stereocenters. The Bertz CT molecular complexity index is 766. The molecule has 7 nitrogen and oxygen atoms in total. The fraction of sp³-hybridized carbons (Fsp3) is 0.829. The Balaban J connectivity index is 4.03. The van der Waals surface area contributed by atoms with Gasteiger partial charge in [-0.1, -0.05) is 83.1 Å². The highest BCUT2D eigenvalue weighted by atomic mass is 16.7. The SMILES string of the molecule is CC/C=C\CCCCOC(CCCCCCCN(CCO)CCCCCOC(=O)OCCC#CCCCCC)OCCCC/C=C\CC. The van der Waals surface area contributed by atoms with Crippen molar-refractivity contribution in [3.63, 3.8) is 0 Å². The highest BCUT2D eigenvalue weighted by Gasteiger charge is 2.10. The predicted octanol–water partition coefficient (Wildman–Crippen LogP) is 10.6. The smallest absolute Gasteiger partial charge is 0.434 e. The van der Waals surface area contributed by atoms with Crippen molar-refractivity contribution < 1.29 is 28.8 Å². The molecule has 0 unspecified atom stereocenters. The normalized spacial score (nSPS) is 11.6. The average molecular weight is 678 g/mol. The molecule has 0 bridgehead atoms. The minimum Gasteiger partial charge on any atom is -0.434 e. The minimum absolute atomic E-state index is 0.0804. The molecule has 0 saturated carbocycles. The largest absolute Gasteiger partial charge is 0.508 e. The van der Waals surface area contributed by atoms with Crippen LogP contribution in [0.1, 0.15) is 162 Å². The molecule has 280 valence electrons. The van der Waals surface area contributed by atoms with Crippen LogP contribution in [0.15, 0.2) is 24.3 Å². The number of carbonyl (C=O) groups excluding carboxylic acids is 1. The van der Waals surface area contributed by atoms with E-state index in [0.717, 1.165) is 116 Å². The third-order valence-corrected chi connectivity index (χ3v) is 8.09. The van der Waals surface area contributed by atoms with E-state index in [2.05, 4.69) is 61.8 Å². The number of rotatable bonds is 35. The molecule has 0 aromatic rings. The molecule has 0 aliphatic rings. The summed E-state index contributed by atoms with van der Waals surface area (Å²) in [5.74, 6) is 6.16. The molecular weight excluding hydrogens is 602 g/mol. The maximum atomic E-state index is 11.7. The third-order valence-electron chi connectivity index (χ3n) is 8.09. The van der Waals surface area contributed by atoms with Crippen molar-refractivity contribution in [3.05, 3.63) is 24.3 Å². The summed E-state index contributed by atoms with van der Waals surface area (Å²) in [4.78, 5) is 14.1. The van der Waals surface area contributed by atoms with Crippen LogP contribution in [0.5, 0.6) is 0 Å². The molecule has 0 heterocycles. The number of aliphatic hydroxyl groups is 1. The van der Waals surface area contributed by atoms with E-state index >= 15 is 0 Å². The van der Waals surface area contributed by atoms with Gasteiger partial charge in [-0.15, -0.1) is 5.92 Å². The van der Waals surface area contributed by atoms with Crippen molar-refractivity contribution >= 4 is 6.16 Å². The van der Waals surface area contributed by atoms with E-state index in [4.69, 9.17) is 18.9 Å². The second kappa shape index (κ2) is 39.6. The van der Waals surface area contributed by atoms with Crippen LogP contribution >= 0.6 is 0 Å². The number of unbranched alkanes of at least 4 members (excludes halogenated alkanes) is 13. The molecule has 1 N–H and O–H groups in total. The first-order chi connectivity index (χ1) is 23.7. The van der Waals surface area contributed by atoms with Gasteiger partial charge >= 0.3 is 6.16 Å². The van der Waals surface area contributed by atoms with Gasteiger partial charge in [-0.05, 0) is 109 Å². The van der Waals surface area contributed by atoms with Crippen LogP contribution in [-0.2, 0) is 18.9 Å². The van der Waals surface area contributed by atoms with Crippen molar-refractivity contribution in [1.29, 1.82) is 0 Å². The Kier molecular flexibility index (Phi) is 38.1. The van der Waals surface area contributed by atoms with Crippen LogP contribution in [-0.4, -0.2) is 75.1 Å². The molecule has 0 aliphatic heterocycles. The van der Waals surface area contributed by atoms with Crippen LogP contribution in [0.2, 0.25) is 0 Å². The molecule has 48 heavy (non-hydrogen) atoms. The molecule has 0 aromatic carbocycles. The molecule has 7 heteroatoms. The molecule has 0 rings (SSSR count). The molecule has 0 saturated heterocycles. The summed E-state index contributed by atoms with van der Waals surface area (Å²) in [7, 11) is 0. The Morgan fingerprint density at radius 3 is 1.79 bits per heavy atom. The second-order valence-corrected chi connectivity index (χ2v) is 12.6. The Labute approximate surface area is 296 Å². The van der Waals surface area contributed by atoms with E-state index < -0.39 is 6.16 Å². The highest BCUT2D eigenvalue weighted by Crippen LogP contribution is 2.14. The molecule has 0 radical (unpaired) electrons. The summed E-state index contributed by atoms with van der Waals surface area (Å²) < 4.78 is 22.6. The van der Waals surface area contributed by atoms with E-state index in [1.165, 1.54) is 44.9 Å². The quantitative estimate of drug-likeness (QED) is 0.0235. The van der Waals surface area contributed by atoms with Crippen molar-refractivity contribution in [2.24, 2.45) is 0 Å². The van der Waals surface area contributed by atoms with Crippen LogP contribution in [0.3, 0.4) is 0 Å². The maximum absolute atomic E-state index is 11.7. The van der Waals surface area contributed by atoms with Gasteiger partial charge in [0, 0.05) is 32.6 Å². The third kappa shape index (κ3) is 35.5. The second-order valence-electron chi connectivity index (χ2n) is 12.6. The van der Waals surface area contributed by atoms with E-state index in [-0.39, 0.29) is 19.5 Å². The first-order valence-corrected chi connectivity index (χ1v) is 19.8. The molecule has 0 aromatic heterocycles. The van der Waals surface area contributed by atoms with E-state index in [9.17, 15) is 9.90 Å². The summed E-state index contributed by atoms with van der Waals surface area (Å²) in [6.07, 6.45) is 32.0. The Morgan fingerprint density at radius 1 is 0.604 bits per heavy atom. The number of ether oxygens (including phenoxy) is 4. The van der Waals surface area contributed by atoms with Gasteiger partial charge in [-0.3, -0.25) is 0 Å². The zero-order chi connectivity index (χ0) is 35.0. The van der Waals surface area contributed by atoms with E-state index in [1.54, 1.807) is 0 Å². The monoisotopic (exact) mass is 678 g/mol.